The summed E-state index contributed by atoms with van der Waals surface area (Å²) in [4.78, 5) is 25.2. The van der Waals surface area contributed by atoms with Crippen molar-refractivity contribution in [3.8, 4) is 11.5 Å². The van der Waals surface area contributed by atoms with Crippen LogP contribution in [0.5, 0.6) is 11.5 Å². The molecule has 0 aliphatic heterocycles. The second kappa shape index (κ2) is 11.6. The molecule has 7 heteroatoms. The zero-order valence-corrected chi connectivity index (χ0v) is 21.4. The van der Waals surface area contributed by atoms with Gasteiger partial charge in [0.15, 0.2) is 12.2 Å². The van der Waals surface area contributed by atoms with Crippen molar-refractivity contribution in [2.45, 2.75) is 84.6 Å². The van der Waals surface area contributed by atoms with Crippen LogP contribution in [-0.2, 0) is 9.59 Å². The lowest BCUT2D eigenvalue weighted by Crippen LogP contribution is -2.48. The lowest BCUT2D eigenvalue weighted by atomic mass is 9.91. The standard InChI is InChI=1S/C27H35ClN2O4/c1-16-6-12-24(17(2)14-16)33-19(4)26(31)29-22-8-10-23(11-9-22)30-27(32)20(5)34-25-13-7-21(28)15-18(25)3/h6-7,12-15,19-20,22-23H,8-11H2,1-5H3,(H,29,31)(H,30,32). The molecular formula is C27H35ClN2O4. The molecule has 2 N–H and O–H groups in total. The van der Waals surface area contributed by atoms with E-state index in [-0.39, 0.29) is 23.9 Å². The van der Waals surface area contributed by atoms with Gasteiger partial charge in [-0.2, -0.15) is 0 Å². The number of benzene rings is 2. The van der Waals surface area contributed by atoms with E-state index in [1.165, 1.54) is 0 Å². The molecule has 0 bridgehead atoms. The molecule has 3 rings (SSSR count). The van der Waals surface area contributed by atoms with Crippen molar-refractivity contribution in [3.63, 3.8) is 0 Å². The van der Waals surface area contributed by atoms with E-state index in [4.69, 9.17) is 21.1 Å². The topological polar surface area (TPSA) is 76.7 Å². The Morgan fingerprint density at radius 1 is 0.794 bits per heavy atom. The van der Waals surface area contributed by atoms with Crippen molar-refractivity contribution in [3.05, 3.63) is 58.1 Å². The third kappa shape index (κ3) is 7.13. The van der Waals surface area contributed by atoms with Crippen LogP contribution in [0.15, 0.2) is 36.4 Å². The van der Waals surface area contributed by atoms with Gasteiger partial charge in [0.05, 0.1) is 0 Å². The summed E-state index contributed by atoms with van der Waals surface area (Å²) in [6.45, 7) is 9.41. The molecule has 0 saturated heterocycles. The largest absolute Gasteiger partial charge is 0.481 e. The maximum absolute atomic E-state index is 12.6. The number of halogens is 1. The molecule has 2 atom stereocenters. The van der Waals surface area contributed by atoms with Gasteiger partial charge in [0.25, 0.3) is 11.8 Å². The van der Waals surface area contributed by atoms with E-state index in [9.17, 15) is 9.59 Å². The van der Waals surface area contributed by atoms with E-state index in [0.717, 1.165) is 48.1 Å². The normalized spacial score (nSPS) is 19.6. The first-order valence-corrected chi connectivity index (χ1v) is 12.3. The van der Waals surface area contributed by atoms with Crippen molar-refractivity contribution in [2.24, 2.45) is 0 Å². The monoisotopic (exact) mass is 486 g/mol. The van der Waals surface area contributed by atoms with Gasteiger partial charge in [0.2, 0.25) is 0 Å². The van der Waals surface area contributed by atoms with Crippen LogP contribution >= 0.6 is 11.6 Å². The number of ether oxygens (including phenoxy) is 2. The molecule has 6 nitrogen and oxygen atoms in total. The first kappa shape index (κ1) is 25.9. The van der Waals surface area contributed by atoms with Gasteiger partial charge in [-0.15, -0.1) is 0 Å². The molecule has 1 saturated carbocycles. The van der Waals surface area contributed by atoms with Crippen LogP contribution in [0.2, 0.25) is 5.02 Å². The summed E-state index contributed by atoms with van der Waals surface area (Å²) in [5, 5.41) is 6.82. The first-order chi connectivity index (χ1) is 16.1. The molecule has 0 aromatic heterocycles. The minimum absolute atomic E-state index is 0.0712. The van der Waals surface area contributed by atoms with E-state index in [0.29, 0.717) is 10.8 Å². The van der Waals surface area contributed by atoms with Crippen LogP contribution in [0.3, 0.4) is 0 Å². The van der Waals surface area contributed by atoms with Gasteiger partial charge in [0, 0.05) is 17.1 Å². The minimum atomic E-state index is -0.611. The summed E-state index contributed by atoms with van der Waals surface area (Å²) in [5.74, 6) is 1.12. The van der Waals surface area contributed by atoms with Gasteiger partial charge in [-0.3, -0.25) is 9.59 Å². The number of carbonyl (C=O) groups is 2. The molecule has 2 aromatic rings. The predicted molar refractivity (Wildman–Crippen MR) is 135 cm³/mol. The van der Waals surface area contributed by atoms with Crippen molar-refractivity contribution in [1.29, 1.82) is 0 Å². The van der Waals surface area contributed by atoms with Crippen LogP contribution in [0, 0.1) is 20.8 Å². The Labute approximate surface area is 207 Å². The fourth-order valence-corrected chi connectivity index (χ4v) is 4.41. The third-order valence-electron chi connectivity index (χ3n) is 6.23. The van der Waals surface area contributed by atoms with Crippen LogP contribution in [0.1, 0.15) is 56.2 Å². The average molecular weight is 487 g/mol. The summed E-state index contributed by atoms with van der Waals surface area (Å²) < 4.78 is 11.7. The second-order valence-corrected chi connectivity index (χ2v) is 9.70. The van der Waals surface area contributed by atoms with E-state index in [1.54, 1.807) is 26.0 Å². The second-order valence-electron chi connectivity index (χ2n) is 9.26. The maximum atomic E-state index is 12.6. The van der Waals surface area contributed by atoms with E-state index >= 15 is 0 Å². The Kier molecular flexibility index (Phi) is 8.84. The number of hydrogen-bond donors (Lipinski definition) is 2. The molecule has 2 aromatic carbocycles. The summed E-state index contributed by atoms with van der Waals surface area (Å²) in [6.07, 6.45) is 2.02. The van der Waals surface area contributed by atoms with E-state index < -0.39 is 12.2 Å². The van der Waals surface area contributed by atoms with Crippen LogP contribution < -0.4 is 20.1 Å². The fraction of sp³-hybridized carbons (Fsp3) is 0.481. The molecule has 34 heavy (non-hydrogen) atoms. The summed E-state index contributed by atoms with van der Waals surface area (Å²) in [7, 11) is 0. The Balaban J connectivity index is 1.41. The average Bonchev–Trinajstić information content (AvgIpc) is 2.78. The fourth-order valence-electron chi connectivity index (χ4n) is 4.18. The van der Waals surface area contributed by atoms with Gasteiger partial charge in [-0.05, 0) is 95.7 Å². The number of rotatable bonds is 8. The molecule has 2 amide bonds. The zero-order chi connectivity index (χ0) is 24.8. The Morgan fingerprint density at radius 3 is 1.68 bits per heavy atom. The SMILES string of the molecule is Cc1ccc(OC(C)C(=O)NC2CCC(NC(=O)C(C)Oc3ccc(Cl)cc3C)CC2)c(C)c1. The quantitative estimate of drug-likeness (QED) is 0.547. The summed E-state index contributed by atoms with van der Waals surface area (Å²) in [5.41, 5.74) is 3.06. The van der Waals surface area contributed by atoms with E-state index in [2.05, 4.69) is 10.6 Å². The molecule has 2 unspecified atom stereocenters. The molecule has 0 heterocycles. The predicted octanol–water partition coefficient (Wildman–Crippen LogP) is 5.04. The maximum Gasteiger partial charge on any atom is 0.260 e. The van der Waals surface area contributed by atoms with E-state index in [1.807, 2.05) is 45.0 Å². The number of hydrogen-bond acceptors (Lipinski definition) is 4. The Hall–Kier alpha value is -2.73. The van der Waals surface area contributed by atoms with Gasteiger partial charge in [-0.25, -0.2) is 0 Å². The molecule has 0 radical (unpaired) electrons. The third-order valence-corrected chi connectivity index (χ3v) is 6.47. The van der Waals surface area contributed by atoms with Crippen molar-refractivity contribution >= 4 is 23.4 Å². The highest BCUT2D eigenvalue weighted by Crippen LogP contribution is 2.24. The number of nitrogens with one attached hydrogen (secondary N) is 2. The highest BCUT2D eigenvalue weighted by atomic mass is 35.5. The van der Waals surface area contributed by atoms with Gasteiger partial charge in [0.1, 0.15) is 11.5 Å². The molecule has 184 valence electrons. The van der Waals surface area contributed by atoms with Gasteiger partial charge < -0.3 is 20.1 Å². The smallest absolute Gasteiger partial charge is 0.260 e. The van der Waals surface area contributed by atoms with Crippen LogP contribution in [-0.4, -0.2) is 36.1 Å². The number of aryl methyl sites for hydroxylation is 3. The van der Waals surface area contributed by atoms with Crippen molar-refractivity contribution in [2.75, 3.05) is 0 Å². The minimum Gasteiger partial charge on any atom is -0.481 e. The van der Waals surface area contributed by atoms with Crippen LogP contribution in [0.25, 0.3) is 0 Å². The highest BCUT2D eigenvalue weighted by molar-refractivity contribution is 6.30. The van der Waals surface area contributed by atoms with Gasteiger partial charge in [-0.1, -0.05) is 29.3 Å². The molecule has 0 spiro atoms. The van der Waals surface area contributed by atoms with Crippen LogP contribution in [0.4, 0.5) is 0 Å². The van der Waals surface area contributed by atoms with Crippen molar-refractivity contribution < 1.29 is 19.1 Å². The summed E-state index contributed by atoms with van der Waals surface area (Å²) in [6, 6.07) is 11.4. The summed E-state index contributed by atoms with van der Waals surface area (Å²) >= 11 is 5.98. The lowest BCUT2D eigenvalue weighted by molar-refractivity contribution is -0.129. The van der Waals surface area contributed by atoms with Crippen molar-refractivity contribution in [1.82, 2.24) is 10.6 Å². The molecule has 1 aliphatic carbocycles. The number of carbonyl (C=O) groups excluding carboxylic acids is 2. The highest BCUT2D eigenvalue weighted by Gasteiger charge is 2.27. The lowest BCUT2D eigenvalue weighted by Gasteiger charge is -2.31. The number of amides is 2. The first-order valence-electron chi connectivity index (χ1n) is 11.9. The molecule has 1 fully saturated rings. The molecule has 1 aliphatic rings. The van der Waals surface area contributed by atoms with Gasteiger partial charge >= 0.3 is 0 Å². The zero-order valence-electron chi connectivity index (χ0n) is 20.6. The Bertz CT molecular complexity index is 936. The Morgan fingerprint density at radius 2 is 1.24 bits per heavy atom. The molecular weight excluding hydrogens is 452 g/mol.